The van der Waals surface area contributed by atoms with Crippen LogP contribution in [0, 0.1) is 11.8 Å². The van der Waals surface area contributed by atoms with Crippen LogP contribution >= 0.6 is 0 Å². The van der Waals surface area contributed by atoms with Gasteiger partial charge in [-0.05, 0) is 24.5 Å². The van der Waals surface area contributed by atoms with Crippen molar-refractivity contribution in [2.24, 2.45) is 11.8 Å². The van der Waals surface area contributed by atoms with Crippen LogP contribution in [-0.4, -0.2) is 53.9 Å². The van der Waals surface area contributed by atoms with E-state index in [2.05, 4.69) is 4.74 Å². The Balaban J connectivity index is 1.72. The van der Waals surface area contributed by atoms with Gasteiger partial charge in [0.25, 0.3) is 0 Å². The van der Waals surface area contributed by atoms with E-state index in [-0.39, 0.29) is 17.6 Å². The number of rotatable bonds is 4. The molecule has 6 nitrogen and oxygen atoms in total. The summed E-state index contributed by atoms with van der Waals surface area (Å²) in [5, 5.41) is 9.24. The molecular weight excluding hydrogens is 353 g/mol. The monoisotopic (exact) mass is 372 g/mol. The maximum atomic E-state index is 12.7. The summed E-state index contributed by atoms with van der Waals surface area (Å²) in [7, 11) is 0. The van der Waals surface area contributed by atoms with Gasteiger partial charge in [0.15, 0.2) is 0 Å². The van der Waals surface area contributed by atoms with Crippen LogP contribution in [0.4, 0.5) is 18.9 Å². The van der Waals surface area contributed by atoms with E-state index in [1.54, 1.807) is 6.07 Å². The van der Waals surface area contributed by atoms with Gasteiger partial charge in [-0.3, -0.25) is 14.5 Å². The van der Waals surface area contributed by atoms with Crippen molar-refractivity contribution in [3.05, 3.63) is 24.3 Å². The molecule has 2 saturated heterocycles. The number of aliphatic carboxylic acids is 1. The van der Waals surface area contributed by atoms with Gasteiger partial charge in [-0.25, -0.2) is 0 Å². The van der Waals surface area contributed by atoms with Crippen molar-refractivity contribution in [1.29, 1.82) is 0 Å². The molecule has 2 heterocycles. The van der Waals surface area contributed by atoms with Crippen LogP contribution in [0.1, 0.15) is 13.3 Å². The smallest absolute Gasteiger partial charge is 0.481 e. The number of alkyl halides is 3. The Bertz CT molecular complexity index is 709. The van der Waals surface area contributed by atoms with Crippen LogP contribution in [0.25, 0.3) is 0 Å². The summed E-state index contributed by atoms with van der Waals surface area (Å²) in [6, 6.07) is 4.86. The van der Waals surface area contributed by atoms with Gasteiger partial charge in [0.1, 0.15) is 5.75 Å². The van der Waals surface area contributed by atoms with E-state index in [0.29, 0.717) is 31.7 Å². The van der Waals surface area contributed by atoms with E-state index in [4.69, 9.17) is 0 Å². The number of carboxylic acid groups (broad SMARTS) is 1. The molecule has 3 atom stereocenters. The number of hydrogen-bond acceptors (Lipinski definition) is 4. The van der Waals surface area contributed by atoms with Gasteiger partial charge in [0.05, 0.1) is 12.0 Å². The minimum atomic E-state index is -4.80. The van der Waals surface area contributed by atoms with Crippen LogP contribution in [0.2, 0.25) is 0 Å². The molecule has 0 radical (unpaired) electrons. The average molecular weight is 372 g/mol. The van der Waals surface area contributed by atoms with Gasteiger partial charge >= 0.3 is 12.3 Å². The minimum Gasteiger partial charge on any atom is -0.481 e. The standard InChI is InChI=1S/C17H19F3N2O4/c1-10-8-21(9-13(10)16(24)25)14-5-6-22(15(14)23)11-3-2-4-12(7-11)26-17(18,19)20/h2-4,7,10,13-14H,5-6,8-9H2,1H3,(H,24,25)/t10-,13-,14?/m1/s1. The summed E-state index contributed by atoms with van der Waals surface area (Å²) >= 11 is 0. The van der Waals surface area contributed by atoms with E-state index in [1.165, 1.54) is 23.1 Å². The van der Waals surface area contributed by atoms with E-state index in [9.17, 15) is 27.9 Å². The van der Waals surface area contributed by atoms with Crippen molar-refractivity contribution in [3.63, 3.8) is 0 Å². The number of hydrogen-bond donors (Lipinski definition) is 1. The Morgan fingerprint density at radius 3 is 2.65 bits per heavy atom. The number of nitrogens with zero attached hydrogens (tertiary/aromatic N) is 2. The average Bonchev–Trinajstić information content (AvgIpc) is 3.08. The SMILES string of the molecule is C[C@@H]1CN(C2CCN(c3cccc(OC(F)(F)F)c3)C2=O)C[C@H]1C(=O)O. The van der Waals surface area contributed by atoms with Crippen LogP contribution in [0.5, 0.6) is 5.75 Å². The number of likely N-dealkylation sites (tertiary alicyclic amines) is 1. The Hall–Kier alpha value is -2.29. The molecule has 0 spiro atoms. The molecule has 2 aliphatic rings. The minimum absolute atomic E-state index is 0.0575. The quantitative estimate of drug-likeness (QED) is 0.879. The predicted octanol–water partition coefficient (Wildman–Crippen LogP) is 2.34. The zero-order chi connectivity index (χ0) is 19.1. The molecule has 2 fully saturated rings. The lowest BCUT2D eigenvalue weighted by molar-refractivity contribution is -0.274. The van der Waals surface area contributed by atoms with E-state index in [0.717, 1.165) is 0 Å². The Labute approximate surface area is 148 Å². The first-order valence-corrected chi connectivity index (χ1v) is 8.30. The number of carbonyl (C=O) groups excluding carboxylic acids is 1. The van der Waals surface area contributed by atoms with Crippen molar-refractivity contribution in [1.82, 2.24) is 4.90 Å². The highest BCUT2D eigenvalue weighted by Crippen LogP contribution is 2.33. The number of anilines is 1. The molecule has 1 unspecified atom stereocenters. The topological polar surface area (TPSA) is 70.1 Å². The summed E-state index contributed by atoms with van der Waals surface area (Å²) in [6.45, 7) is 3.02. The third-order valence-electron chi connectivity index (χ3n) is 4.94. The first kappa shape index (κ1) is 18.5. The summed E-state index contributed by atoms with van der Waals surface area (Å²) in [5.41, 5.74) is 0.335. The van der Waals surface area contributed by atoms with Crippen molar-refractivity contribution in [2.45, 2.75) is 25.7 Å². The van der Waals surface area contributed by atoms with Crippen molar-refractivity contribution >= 4 is 17.6 Å². The summed E-state index contributed by atoms with van der Waals surface area (Å²) < 4.78 is 41.0. The van der Waals surface area contributed by atoms with Gasteiger partial charge in [-0.2, -0.15) is 0 Å². The fourth-order valence-electron chi connectivity index (χ4n) is 3.69. The van der Waals surface area contributed by atoms with Gasteiger partial charge in [0, 0.05) is 31.4 Å². The zero-order valence-electron chi connectivity index (χ0n) is 14.1. The lowest BCUT2D eigenvalue weighted by Crippen LogP contribution is -2.41. The van der Waals surface area contributed by atoms with Gasteiger partial charge < -0.3 is 14.7 Å². The molecule has 1 aromatic carbocycles. The fourth-order valence-corrected chi connectivity index (χ4v) is 3.69. The summed E-state index contributed by atoms with van der Waals surface area (Å²) in [6.07, 6.45) is -4.30. The lowest BCUT2D eigenvalue weighted by atomic mass is 9.99. The third kappa shape index (κ3) is 3.77. The normalized spacial score (nSPS) is 27.2. The first-order valence-electron chi connectivity index (χ1n) is 8.30. The maximum absolute atomic E-state index is 12.7. The van der Waals surface area contributed by atoms with Crippen LogP contribution < -0.4 is 9.64 Å². The molecule has 0 aromatic heterocycles. The molecule has 142 valence electrons. The van der Waals surface area contributed by atoms with E-state index < -0.39 is 24.3 Å². The highest BCUT2D eigenvalue weighted by molar-refractivity contribution is 5.99. The van der Waals surface area contributed by atoms with Crippen molar-refractivity contribution in [3.8, 4) is 5.75 Å². The number of carboxylic acids is 1. The van der Waals surface area contributed by atoms with E-state index in [1.807, 2.05) is 11.8 Å². The molecule has 0 aliphatic carbocycles. The molecule has 2 aliphatic heterocycles. The van der Waals surface area contributed by atoms with Gasteiger partial charge in [0.2, 0.25) is 5.91 Å². The zero-order valence-corrected chi connectivity index (χ0v) is 14.1. The summed E-state index contributed by atoms with van der Waals surface area (Å²) in [4.78, 5) is 27.3. The molecule has 1 N–H and O–H groups in total. The molecule has 0 bridgehead atoms. The molecule has 9 heteroatoms. The number of halogens is 3. The molecule has 0 saturated carbocycles. The number of benzene rings is 1. The highest BCUT2D eigenvalue weighted by Gasteiger charge is 2.44. The fraction of sp³-hybridized carbons (Fsp3) is 0.529. The number of carbonyl (C=O) groups is 2. The first-order chi connectivity index (χ1) is 12.2. The largest absolute Gasteiger partial charge is 0.573 e. The second-order valence-electron chi connectivity index (χ2n) is 6.72. The number of ether oxygens (including phenoxy) is 1. The van der Waals surface area contributed by atoms with Crippen LogP contribution in [-0.2, 0) is 9.59 Å². The maximum Gasteiger partial charge on any atom is 0.573 e. The molecular formula is C17H19F3N2O4. The Kier molecular flexibility index (Phi) is 4.83. The van der Waals surface area contributed by atoms with Crippen LogP contribution in [0.3, 0.4) is 0 Å². The lowest BCUT2D eigenvalue weighted by Gasteiger charge is -2.23. The second-order valence-corrected chi connectivity index (χ2v) is 6.72. The Morgan fingerprint density at radius 1 is 1.31 bits per heavy atom. The molecule has 1 amide bonds. The summed E-state index contributed by atoms with van der Waals surface area (Å²) in [5.74, 6) is -2.06. The van der Waals surface area contributed by atoms with Gasteiger partial charge in [-0.1, -0.05) is 13.0 Å². The third-order valence-corrected chi connectivity index (χ3v) is 4.94. The van der Waals surface area contributed by atoms with E-state index >= 15 is 0 Å². The molecule has 1 aromatic rings. The van der Waals surface area contributed by atoms with Crippen molar-refractivity contribution in [2.75, 3.05) is 24.5 Å². The highest BCUT2D eigenvalue weighted by atomic mass is 19.4. The van der Waals surface area contributed by atoms with Crippen LogP contribution in [0.15, 0.2) is 24.3 Å². The number of amides is 1. The Morgan fingerprint density at radius 2 is 2.04 bits per heavy atom. The second kappa shape index (κ2) is 6.79. The predicted molar refractivity (Wildman–Crippen MR) is 85.7 cm³/mol. The molecule has 3 rings (SSSR count). The van der Waals surface area contributed by atoms with Gasteiger partial charge in [-0.15, -0.1) is 13.2 Å². The van der Waals surface area contributed by atoms with Crippen molar-refractivity contribution < 1.29 is 32.6 Å². The molecule has 26 heavy (non-hydrogen) atoms.